The molecule has 88 valence electrons. The molecule has 0 aliphatic heterocycles. The Kier molecular flexibility index (Phi) is 21.6. The van der Waals surface area contributed by atoms with E-state index < -0.39 is 0 Å². The third kappa shape index (κ3) is 22.6. The average molecular weight is 204 g/mol. The highest BCUT2D eigenvalue weighted by Crippen LogP contribution is 1.76. The van der Waals surface area contributed by atoms with E-state index in [1.807, 2.05) is 0 Å². The van der Waals surface area contributed by atoms with Gasteiger partial charge < -0.3 is 22.1 Å². The summed E-state index contributed by atoms with van der Waals surface area (Å²) in [6.45, 7) is 9.50. The van der Waals surface area contributed by atoms with Gasteiger partial charge in [-0.3, -0.25) is 0 Å². The van der Waals surface area contributed by atoms with E-state index in [0.717, 1.165) is 26.2 Å². The third-order valence-electron chi connectivity index (χ3n) is 1.62. The van der Waals surface area contributed by atoms with Crippen LogP contribution in [0.3, 0.4) is 0 Å². The van der Waals surface area contributed by atoms with Crippen LogP contribution < -0.4 is 22.1 Å². The van der Waals surface area contributed by atoms with Gasteiger partial charge in [0.15, 0.2) is 0 Å². The van der Waals surface area contributed by atoms with E-state index >= 15 is 0 Å². The van der Waals surface area contributed by atoms with Crippen molar-refractivity contribution in [2.45, 2.75) is 26.7 Å². The molecule has 0 radical (unpaired) electrons. The zero-order valence-electron chi connectivity index (χ0n) is 9.81. The van der Waals surface area contributed by atoms with Crippen LogP contribution in [0, 0.1) is 0 Å². The third-order valence-corrected chi connectivity index (χ3v) is 1.62. The van der Waals surface area contributed by atoms with Gasteiger partial charge in [0.05, 0.1) is 0 Å². The molecule has 0 rings (SSSR count). The number of nitrogens with two attached hydrogens (primary N) is 2. The monoisotopic (exact) mass is 204 g/mol. The molecule has 0 saturated carbocycles. The lowest BCUT2D eigenvalue weighted by atomic mass is 10.4. The Morgan fingerprint density at radius 3 is 1.29 bits per heavy atom. The molecule has 0 aromatic rings. The minimum absolute atomic E-state index is 0.705. The number of nitrogens with one attached hydrogen (secondary N) is 2. The van der Waals surface area contributed by atoms with Gasteiger partial charge in [-0.15, -0.1) is 0 Å². The molecule has 0 unspecified atom stereocenters. The molecule has 0 heterocycles. The summed E-state index contributed by atoms with van der Waals surface area (Å²) in [6, 6.07) is 0. The largest absolute Gasteiger partial charge is 0.329 e. The fourth-order valence-corrected chi connectivity index (χ4v) is 0.631. The van der Waals surface area contributed by atoms with Crippen LogP contribution in [-0.2, 0) is 0 Å². The van der Waals surface area contributed by atoms with Gasteiger partial charge in [0.1, 0.15) is 0 Å². The highest BCUT2D eigenvalue weighted by molar-refractivity contribution is 4.51. The quantitative estimate of drug-likeness (QED) is 0.416. The second-order valence-corrected chi connectivity index (χ2v) is 3.08. The fraction of sp³-hybridized carbons (Fsp3) is 1.00. The highest BCUT2D eigenvalue weighted by atomic mass is 14.9. The molecule has 14 heavy (non-hydrogen) atoms. The summed E-state index contributed by atoms with van der Waals surface area (Å²) in [5.74, 6) is 0. The van der Waals surface area contributed by atoms with Crippen LogP contribution in [0.5, 0.6) is 0 Å². The van der Waals surface area contributed by atoms with Gasteiger partial charge >= 0.3 is 0 Å². The maximum atomic E-state index is 5.27. The van der Waals surface area contributed by atoms with Crippen LogP contribution >= 0.6 is 0 Å². The first-order valence-corrected chi connectivity index (χ1v) is 5.64. The Labute approximate surface area is 88.8 Å². The molecular weight excluding hydrogens is 176 g/mol. The Balaban J connectivity index is 0. The maximum absolute atomic E-state index is 5.27. The first-order chi connectivity index (χ1) is 6.83. The molecule has 0 saturated heterocycles. The van der Waals surface area contributed by atoms with Crippen molar-refractivity contribution in [3.63, 3.8) is 0 Å². The summed E-state index contributed by atoms with van der Waals surface area (Å²) >= 11 is 0. The van der Waals surface area contributed by atoms with E-state index in [2.05, 4.69) is 24.5 Å². The summed E-state index contributed by atoms with van der Waals surface area (Å²) < 4.78 is 0. The van der Waals surface area contributed by atoms with E-state index in [4.69, 9.17) is 11.5 Å². The lowest BCUT2D eigenvalue weighted by molar-refractivity contribution is 0.618. The Morgan fingerprint density at radius 1 is 0.714 bits per heavy atom. The van der Waals surface area contributed by atoms with E-state index in [0.29, 0.717) is 13.1 Å². The van der Waals surface area contributed by atoms with Crippen molar-refractivity contribution in [2.75, 3.05) is 39.3 Å². The Bertz CT molecular complexity index is 68.5. The first kappa shape index (κ1) is 16.3. The van der Waals surface area contributed by atoms with Gasteiger partial charge in [0.2, 0.25) is 0 Å². The van der Waals surface area contributed by atoms with E-state index in [1.54, 1.807) is 0 Å². The van der Waals surface area contributed by atoms with Gasteiger partial charge in [0, 0.05) is 39.3 Å². The average Bonchev–Trinajstić information content (AvgIpc) is 2.24. The fourth-order valence-electron chi connectivity index (χ4n) is 0.631. The van der Waals surface area contributed by atoms with Gasteiger partial charge in [0.25, 0.3) is 0 Å². The van der Waals surface area contributed by atoms with Crippen LogP contribution in [0.1, 0.15) is 26.7 Å². The molecule has 0 aliphatic carbocycles. The van der Waals surface area contributed by atoms with Gasteiger partial charge in [-0.1, -0.05) is 26.7 Å². The van der Waals surface area contributed by atoms with Crippen molar-refractivity contribution in [2.24, 2.45) is 11.5 Å². The second kappa shape index (κ2) is 18.6. The minimum atomic E-state index is 0.705. The zero-order chi connectivity index (χ0) is 11.1. The molecular formula is C10H28N4. The van der Waals surface area contributed by atoms with Gasteiger partial charge in [-0.05, 0) is 0 Å². The molecule has 0 atom stereocenters. The number of unbranched alkanes of at least 4 members (excludes halogenated alkanes) is 1. The maximum Gasteiger partial charge on any atom is 0.00772 e. The Hall–Kier alpha value is -0.160. The van der Waals surface area contributed by atoms with Crippen molar-refractivity contribution in [1.82, 2.24) is 10.6 Å². The van der Waals surface area contributed by atoms with Gasteiger partial charge in [-0.2, -0.15) is 0 Å². The molecule has 0 aromatic heterocycles. The zero-order valence-corrected chi connectivity index (χ0v) is 9.81. The summed E-state index contributed by atoms with van der Waals surface area (Å²) in [7, 11) is 0. The van der Waals surface area contributed by atoms with Crippen LogP contribution in [0.25, 0.3) is 0 Å². The highest BCUT2D eigenvalue weighted by Gasteiger charge is 1.83. The van der Waals surface area contributed by atoms with Crippen molar-refractivity contribution in [3.8, 4) is 0 Å². The van der Waals surface area contributed by atoms with E-state index in [1.165, 1.54) is 12.8 Å². The Morgan fingerprint density at radius 2 is 1.07 bits per heavy atom. The molecule has 0 bridgehead atoms. The molecule has 0 aromatic carbocycles. The number of hydrogen-bond donors (Lipinski definition) is 4. The molecule has 6 N–H and O–H groups in total. The summed E-state index contributed by atoms with van der Waals surface area (Å²) in [5, 5.41) is 6.33. The molecule has 0 amide bonds. The normalized spacial score (nSPS) is 9.43. The predicted octanol–water partition coefficient (Wildman–Crippen LogP) is -0.111. The minimum Gasteiger partial charge on any atom is -0.329 e. The summed E-state index contributed by atoms with van der Waals surface area (Å²) in [4.78, 5) is 0. The van der Waals surface area contributed by atoms with Crippen LogP contribution in [0.2, 0.25) is 0 Å². The number of hydrogen-bond acceptors (Lipinski definition) is 4. The van der Waals surface area contributed by atoms with E-state index in [-0.39, 0.29) is 0 Å². The standard InChI is InChI=1S/C6H18N4.C4H10/c7-1-3-9-5-6-10-4-2-8;1-3-4-2/h9-10H,1-8H2;3-4H2,1-2H3. The van der Waals surface area contributed by atoms with Crippen molar-refractivity contribution >= 4 is 0 Å². The van der Waals surface area contributed by atoms with Crippen LogP contribution in [0.4, 0.5) is 0 Å². The summed E-state index contributed by atoms with van der Waals surface area (Å²) in [5.41, 5.74) is 10.5. The van der Waals surface area contributed by atoms with Crippen molar-refractivity contribution in [3.05, 3.63) is 0 Å². The SMILES string of the molecule is CCCC.NCCNCCNCCN. The van der Waals surface area contributed by atoms with Crippen LogP contribution in [-0.4, -0.2) is 39.3 Å². The molecule has 0 spiro atoms. The van der Waals surface area contributed by atoms with Crippen molar-refractivity contribution in [1.29, 1.82) is 0 Å². The predicted molar refractivity (Wildman–Crippen MR) is 64.4 cm³/mol. The first-order valence-electron chi connectivity index (χ1n) is 5.64. The van der Waals surface area contributed by atoms with Gasteiger partial charge in [-0.25, -0.2) is 0 Å². The van der Waals surface area contributed by atoms with Crippen LogP contribution in [0.15, 0.2) is 0 Å². The summed E-state index contributed by atoms with van der Waals surface area (Å²) in [6.07, 6.45) is 2.64. The second-order valence-electron chi connectivity index (χ2n) is 3.08. The molecule has 4 heteroatoms. The van der Waals surface area contributed by atoms with E-state index in [9.17, 15) is 0 Å². The van der Waals surface area contributed by atoms with Crippen molar-refractivity contribution < 1.29 is 0 Å². The lowest BCUT2D eigenvalue weighted by Gasteiger charge is -2.03. The number of rotatable bonds is 8. The molecule has 0 aliphatic rings. The lowest BCUT2D eigenvalue weighted by Crippen LogP contribution is -2.32. The molecule has 0 fully saturated rings. The molecule has 4 nitrogen and oxygen atoms in total. The topological polar surface area (TPSA) is 76.1 Å². The smallest absolute Gasteiger partial charge is 0.00772 e.